The molecule has 0 amide bonds. The van der Waals surface area contributed by atoms with Gasteiger partial charge in [-0.2, -0.15) is 5.26 Å². The number of nitrogens with one attached hydrogen (secondary N) is 1. The molecule has 0 unspecified atom stereocenters. The minimum Gasteiger partial charge on any atom is -0.398 e. The van der Waals surface area contributed by atoms with Gasteiger partial charge in [-0.25, -0.2) is 0 Å². The first-order chi connectivity index (χ1) is 9.10. The molecule has 5 heteroatoms. The van der Waals surface area contributed by atoms with Crippen LogP contribution in [0.2, 0.25) is 10.0 Å². The van der Waals surface area contributed by atoms with E-state index in [0.29, 0.717) is 15.7 Å². The first-order valence-electron chi connectivity index (χ1n) is 5.57. The molecule has 2 rings (SSSR count). The van der Waals surface area contributed by atoms with Gasteiger partial charge in [0.05, 0.1) is 22.5 Å². The molecule has 0 bridgehead atoms. The highest BCUT2D eigenvalue weighted by Gasteiger charge is 2.03. The summed E-state index contributed by atoms with van der Waals surface area (Å²) in [7, 11) is 0. The molecule has 0 saturated carbocycles. The molecule has 2 aromatic rings. The number of nitriles is 1. The van der Waals surface area contributed by atoms with Gasteiger partial charge in [0.1, 0.15) is 0 Å². The Labute approximate surface area is 121 Å². The van der Waals surface area contributed by atoms with Crippen molar-refractivity contribution in [1.82, 2.24) is 0 Å². The van der Waals surface area contributed by atoms with E-state index in [9.17, 15) is 0 Å². The van der Waals surface area contributed by atoms with Crippen molar-refractivity contribution in [3.63, 3.8) is 0 Å². The average molecular weight is 292 g/mol. The fraction of sp³-hybridized carbons (Fsp3) is 0.0714. The number of nitrogens with zero attached hydrogens (tertiary/aromatic N) is 1. The number of nitrogens with two attached hydrogens (primary N) is 1. The lowest BCUT2D eigenvalue weighted by molar-refractivity contribution is 1.27. The van der Waals surface area contributed by atoms with Gasteiger partial charge in [0, 0.05) is 17.1 Å². The number of rotatable bonds is 3. The van der Waals surface area contributed by atoms with E-state index in [1.54, 1.807) is 18.2 Å². The van der Waals surface area contributed by atoms with Crippen LogP contribution in [0, 0.1) is 11.3 Å². The molecule has 0 radical (unpaired) electrons. The summed E-state index contributed by atoms with van der Waals surface area (Å²) in [6, 6.07) is 12.8. The molecule has 0 spiro atoms. The molecule has 0 aliphatic heterocycles. The van der Waals surface area contributed by atoms with Crippen molar-refractivity contribution in [2.45, 2.75) is 6.42 Å². The number of benzene rings is 2. The Kier molecular flexibility index (Phi) is 4.16. The minimum absolute atomic E-state index is 0.280. The van der Waals surface area contributed by atoms with Gasteiger partial charge in [-0.05, 0) is 42.0 Å². The number of hydrogen-bond donors (Lipinski definition) is 2. The summed E-state index contributed by atoms with van der Waals surface area (Å²) in [4.78, 5) is 0. The van der Waals surface area contributed by atoms with Crippen molar-refractivity contribution in [2.24, 2.45) is 0 Å². The van der Waals surface area contributed by atoms with E-state index < -0.39 is 0 Å². The average Bonchev–Trinajstić information content (AvgIpc) is 2.38. The van der Waals surface area contributed by atoms with Crippen LogP contribution in [0.25, 0.3) is 0 Å². The maximum Gasteiger partial charge on any atom is 0.0670 e. The molecule has 0 aliphatic rings. The van der Waals surface area contributed by atoms with Gasteiger partial charge in [-0.3, -0.25) is 0 Å². The second kappa shape index (κ2) is 5.83. The monoisotopic (exact) mass is 291 g/mol. The summed E-state index contributed by atoms with van der Waals surface area (Å²) in [6.07, 6.45) is 0.280. The van der Waals surface area contributed by atoms with Gasteiger partial charge in [0.15, 0.2) is 0 Å². The third-order valence-electron chi connectivity index (χ3n) is 2.62. The first kappa shape index (κ1) is 13.5. The van der Waals surface area contributed by atoms with Crippen molar-refractivity contribution in [1.29, 1.82) is 5.26 Å². The van der Waals surface area contributed by atoms with Crippen molar-refractivity contribution in [3.8, 4) is 6.07 Å². The molecule has 0 atom stereocenters. The van der Waals surface area contributed by atoms with E-state index in [-0.39, 0.29) is 6.42 Å². The van der Waals surface area contributed by atoms with Crippen LogP contribution in [0.5, 0.6) is 0 Å². The largest absolute Gasteiger partial charge is 0.398 e. The Morgan fingerprint density at radius 1 is 1.05 bits per heavy atom. The Bertz CT molecular complexity index is 648. The van der Waals surface area contributed by atoms with E-state index in [1.807, 2.05) is 18.2 Å². The molecule has 2 aromatic carbocycles. The van der Waals surface area contributed by atoms with E-state index >= 15 is 0 Å². The number of hydrogen-bond acceptors (Lipinski definition) is 3. The third-order valence-corrected chi connectivity index (χ3v) is 3.36. The number of anilines is 3. The summed E-state index contributed by atoms with van der Waals surface area (Å²) < 4.78 is 0. The van der Waals surface area contributed by atoms with Crippen molar-refractivity contribution < 1.29 is 0 Å². The maximum atomic E-state index is 8.73. The lowest BCUT2D eigenvalue weighted by atomic mass is 10.1. The van der Waals surface area contributed by atoms with Crippen LogP contribution in [0.3, 0.4) is 0 Å². The van der Waals surface area contributed by atoms with Crippen LogP contribution in [0.4, 0.5) is 17.1 Å². The number of halogens is 2. The SMILES string of the molecule is N#CCc1cc(Nc2ccc(Cl)c(Cl)c2)ccc1N. The summed E-state index contributed by atoms with van der Waals surface area (Å²) in [5.41, 5.74) is 8.87. The van der Waals surface area contributed by atoms with Crippen molar-refractivity contribution in [2.75, 3.05) is 11.1 Å². The van der Waals surface area contributed by atoms with Gasteiger partial charge in [0.25, 0.3) is 0 Å². The smallest absolute Gasteiger partial charge is 0.0670 e. The van der Waals surface area contributed by atoms with E-state index in [1.165, 1.54) is 0 Å². The Balaban J connectivity index is 2.25. The fourth-order valence-corrected chi connectivity index (χ4v) is 1.96. The second-order valence-corrected chi connectivity index (χ2v) is 4.82. The highest BCUT2D eigenvalue weighted by molar-refractivity contribution is 6.42. The zero-order chi connectivity index (χ0) is 13.8. The zero-order valence-corrected chi connectivity index (χ0v) is 11.5. The van der Waals surface area contributed by atoms with Gasteiger partial charge < -0.3 is 11.1 Å². The van der Waals surface area contributed by atoms with Crippen LogP contribution < -0.4 is 11.1 Å². The Morgan fingerprint density at radius 3 is 2.42 bits per heavy atom. The Morgan fingerprint density at radius 2 is 1.74 bits per heavy atom. The van der Waals surface area contributed by atoms with Crippen LogP contribution >= 0.6 is 23.2 Å². The van der Waals surface area contributed by atoms with Gasteiger partial charge in [0.2, 0.25) is 0 Å². The third kappa shape index (κ3) is 3.31. The van der Waals surface area contributed by atoms with Crippen LogP contribution in [0.15, 0.2) is 36.4 Å². The molecule has 96 valence electrons. The predicted octanol–water partition coefficient (Wildman–Crippen LogP) is 4.39. The minimum atomic E-state index is 0.280. The normalized spacial score (nSPS) is 9.95. The second-order valence-electron chi connectivity index (χ2n) is 4.00. The molecule has 3 nitrogen and oxygen atoms in total. The van der Waals surface area contributed by atoms with Crippen molar-refractivity contribution >= 4 is 40.3 Å². The quantitative estimate of drug-likeness (QED) is 0.825. The molecule has 0 fully saturated rings. The van der Waals surface area contributed by atoms with Gasteiger partial charge >= 0.3 is 0 Å². The molecule has 3 N–H and O–H groups in total. The van der Waals surface area contributed by atoms with Crippen LogP contribution in [-0.2, 0) is 6.42 Å². The molecule has 19 heavy (non-hydrogen) atoms. The highest BCUT2D eigenvalue weighted by atomic mass is 35.5. The molecular weight excluding hydrogens is 281 g/mol. The Hall–Kier alpha value is -1.89. The fourth-order valence-electron chi connectivity index (χ4n) is 1.66. The topological polar surface area (TPSA) is 61.8 Å². The summed E-state index contributed by atoms with van der Waals surface area (Å²) >= 11 is 11.8. The lowest BCUT2D eigenvalue weighted by Gasteiger charge is -2.10. The van der Waals surface area contributed by atoms with Gasteiger partial charge in [-0.1, -0.05) is 23.2 Å². The van der Waals surface area contributed by atoms with Crippen LogP contribution in [-0.4, -0.2) is 0 Å². The highest BCUT2D eigenvalue weighted by Crippen LogP contribution is 2.28. The zero-order valence-electron chi connectivity index (χ0n) is 9.95. The molecule has 0 heterocycles. The van der Waals surface area contributed by atoms with E-state index in [0.717, 1.165) is 16.9 Å². The lowest BCUT2D eigenvalue weighted by Crippen LogP contribution is -1.96. The van der Waals surface area contributed by atoms with Gasteiger partial charge in [-0.15, -0.1) is 0 Å². The van der Waals surface area contributed by atoms with E-state index in [2.05, 4.69) is 11.4 Å². The summed E-state index contributed by atoms with van der Waals surface area (Å²) in [5, 5.41) is 12.9. The predicted molar refractivity (Wildman–Crippen MR) is 79.9 cm³/mol. The molecule has 0 aromatic heterocycles. The number of nitrogen functional groups attached to an aromatic ring is 1. The van der Waals surface area contributed by atoms with Crippen LogP contribution in [0.1, 0.15) is 5.56 Å². The van der Waals surface area contributed by atoms with Crippen molar-refractivity contribution in [3.05, 3.63) is 52.0 Å². The van der Waals surface area contributed by atoms with E-state index in [4.69, 9.17) is 34.2 Å². The molecule has 0 aliphatic carbocycles. The molecular formula is C14H11Cl2N3. The summed E-state index contributed by atoms with van der Waals surface area (Å²) in [5.74, 6) is 0. The standard InChI is InChI=1S/C14H11Cl2N3/c15-12-3-1-11(8-13(12)16)19-10-2-4-14(18)9(7-10)5-6-17/h1-4,7-8,19H,5,18H2. The molecule has 0 saturated heterocycles. The summed E-state index contributed by atoms with van der Waals surface area (Å²) in [6.45, 7) is 0. The maximum absolute atomic E-state index is 8.73. The first-order valence-corrected chi connectivity index (χ1v) is 6.33.